The summed E-state index contributed by atoms with van der Waals surface area (Å²) < 4.78 is 5.75. The van der Waals surface area contributed by atoms with Gasteiger partial charge in [0, 0.05) is 18.5 Å². The number of rotatable bonds is 7. The zero-order valence-corrected chi connectivity index (χ0v) is 23.3. The monoisotopic (exact) mass is 658 g/mol. The molecule has 1 aliphatic heterocycles. The quantitative estimate of drug-likeness (QED) is 0.267. The maximum atomic E-state index is 12.6. The molecule has 2 atom stereocenters. The predicted octanol–water partition coefficient (Wildman–Crippen LogP) is 4.45. The summed E-state index contributed by atoms with van der Waals surface area (Å²) >= 11 is 0. The fourth-order valence-electron chi connectivity index (χ4n) is 3.30. The number of carbonyl (C=O) groups is 1. The number of allylic oxidation sites excluding steroid dienone is 1. The van der Waals surface area contributed by atoms with Gasteiger partial charge < -0.3 is 21.8 Å². The third-order valence-electron chi connectivity index (χ3n) is 5.59. The van der Waals surface area contributed by atoms with Crippen molar-refractivity contribution in [1.82, 2.24) is 4.90 Å². The zero-order chi connectivity index (χ0) is 22.9. The van der Waals surface area contributed by atoms with Gasteiger partial charge in [0.15, 0.2) is 0 Å². The topological polar surface area (TPSA) is 91.7 Å². The molecule has 1 spiro atoms. The summed E-state index contributed by atoms with van der Waals surface area (Å²) in [6, 6.07) is 9.48. The van der Waals surface area contributed by atoms with Crippen LogP contribution >= 0.6 is 0 Å². The average molecular weight is 659 g/mol. The van der Waals surface area contributed by atoms with E-state index in [4.69, 9.17) is 15.7 Å². The van der Waals surface area contributed by atoms with Crippen LogP contribution in [0.2, 0.25) is 0 Å². The number of nitrogens with zero attached hydrogens (tertiary/aromatic N) is 3. The molecule has 1 aromatic rings. The number of ether oxygens (including phenoxy) is 1. The molecule has 2 fully saturated rings. The molecule has 0 bridgehead atoms. The Morgan fingerprint density at radius 3 is 2.66 bits per heavy atom. The number of hydrogen-bond acceptors (Lipinski definition) is 5. The van der Waals surface area contributed by atoms with Crippen LogP contribution in [0, 0.1) is 60.8 Å². The van der Waals surface area contributed by atoms with E-state index in [0.29, 0.717) is 23.9 Å². The van der Waals surface area contributed by atoms with Crippen LogP contribution in [0.1, 0.15) is 52.0 Å². The number of nitriles is 1. The van der Waals surface area contributed by atoms with E-state index in [-0.39, 0.29) is 43.1 Å². The maximum absolute atomic E-state index is 12.6. The minimum absolute atomic E-state index is 0. The van der Waals surface area contributed by atoms with Gasteiger partial charge in [-0.3, -0.25) is 9.79 Å². The summed E-state index contributed by atoms with van der Waals surface area (Å²) in [5.74, 6) is 0.627. The van der Waals surface area contributed by atoms with E-state index in [1.807, 2.05) is 12.3 Å². The van der Waals surface area contributed by atoms with E-state index >= 15 is 0 Å². The molecular weight excluding hydrogens is 626 g/mol. The second kappa shape index (κ2) is 13.6. The first-order chi connectivity index (χ1) is 14.9. The molecule has 3 rings (SSSR count). The zero-order valence-electron chi connectivity index (χ0n) is 19.2. The van der Waals surface area contributed by atoms with E-state index in [9.17, 15) is 4.79 Å². The Labute approximate surface area is 216 Å². The van der Waals surface area contributed by atoms with Gasteiger partial charge in [-0.2, -0.15) is 18.2 Å². The molecule has 168 valence electrons. The van der Waals surface area contributed by atoms with Crippen LogP contribution in [0.3, 0.4) is 0 Å². The third-order valence-corrected chi connectivity index (χ3v) is 5.59. The number of aliphatic imine (C=N–C) groups is 1. The van der Waals surface area contributed by atoms with Crippen LogP contribution in [0.4, 0.5) is 5.69 Å². The van der Waals surface area contributed by atoms with Crippen LogP contribution in [-0.2, 0) is 9.53 Å². The van der Waals surface area contributed by atoms with Gasteiger partial charge >= 0.3 is 31.1 Å². The molecule has 6 nitrogen and oxygen atoms in total. The van der Waals surface area contributed by atoms with Gasteiger partial charge in [0.2, 0.25) is 0 Å². The van der Waals surface area contributed by atoms with Gasteiger partial charge in [0.05, 0.1) is 11.6 Å². The van der Waals surface area contributed by atoms with E-state index in [1.54, 1.807) is 29.3 Å². The van der Waals surface area contributed by atoms with Crippen molar-refractivity contribution in [3.05, 3.63) is 60.7 Å². The SMILES string of the molecule is C=C(C=N/C=C\C(C)CC)C(CC)N1COC2(C[CH-]C2)C1=O.N#Cc1c[c-]cc(N)c1.[U+2]. The molecule has 2 N–H and O–H groups in total. The fraction of sp³-hybridized carbons (Fsp3) is 0.440. The molecule has 2 unspecified atom stereocenters. The minimum atomic E-state index is -0.568. The first kappa shape index (κ1) is 28.2. The van der Waals surface area contributed by atoms with Crippen molar-refractivity contribution in [1.29, 1.82) is 5.26 Å². The second-order valence-electron chi connectivity index (χ2n) is 7.91. The number of nitrogens with two attached hydrogens (primary N) is 1. The van der Waals surface area contributed by atoms with Crippen LogP contribution in [0.15, 0.2) is 47.6 Å². The normalized spacial score (nSPS) is 18.4. The standard InChI is InChI=1S/C18H27N2O2.C7H5N2.U/c1-5-14(3)8-11-19-12-15(4)16(6-2)20-13-22-18(17(20)21)9-7-10-18;8-5-6-2-1-3-7(9)4-6;/h7-8,11-12,14,16H,4-6,9-10,13H2,1-3H3;2-4H,9H2;/q2*-1;+2/b11-8-,19-12?;;. The van der Waals surface area contributed by atoms with Gasteiger partial charge in [0.25, 0.3) is 5.91 Å². The number of benzene rings is 1. The van der Waals surface area contributed by atoms with E-state index in [2.05, 4.69) is 50.9 Å². The van der Waals surface area contributed by atoms with Crippen molar-refractivity contribution in [3.8, 4) is 6.07 Å². The molecule has 32 heavy (non-hydrogen) atoms. The molecule has 1 saturated carbocycles. The fourth-order valence-corrected chi connectivity index (χ4v) is 3.30. The van der Waals surface area contributed by atoms with Gasteiger partial charge in [0.1, 0.15) is 6.73 Å². The molecule has 0 aromatic heterocycles. The Balaban J connectivity index is 0.000000431. The summed E-state index contributed by atoms with van der Waals surface area (Å²) in [5, 5.41) is 8.34. The smallest absolute Gasteiger partial charge is 0.449 e. The molecule has 1 aliphatic carbocycles. The van der Waals surface area contributed by atoms with Crippen molar-refractivity contribution in [3.63, 3.8) is 0 Å². The van der Waals surface area contributed by atoms with Gasteiger partial charge in [-0.05, 0) is 17.9 Å². The molecular formula is C25H32N4O2U. The number of nitrogen functional groups attached to an aromatic ring is 1. The summed E-state index contributed by atoms with van der Waals surface area (Å²) in [6.07, 6.45) is 11.1. The van der Waals surface area contributed by atoms with E-state index in [1.165, 1.54) is 0 Å². The average Bonchev–Trinajstić information content (AvgIpc) is 3.09. The van der Waals surface area contributed by atoms with Crippen LogP contribution in [0.25, 0.3) is 0 Å². The van der Waals surface area contributed by atoms with Crippen molar-refractivity contribution in [2.24, 2.45) is 10.9 Å². The summed E-state index contributed by atoms with van der Waals surface area (Å²) in [6.45, 7) is 10.8. The van der Waals surface area contributed by atoms with Crippen molar-refractivity contribution < 1.29 is 40.6 Å². The molecule has 1 saturated heterocycles. The number of hydrogen-bond donors (Lipinski definition) is 1. The molecule has 7 heteroatoms. The number of amides is 1. The largest absolute Gasteiger partial charge is 2.00 e. The Kier molecular flexibility index (Phi) is 12.0. The molecule has 1 aromatic carbocycles. The minimum Gasteiger partial charge on any atom is -0.449 e. The molecule has 2 aliphatic rings. The maximum Gasteiger partial charge on any atom is 2.00 e. The molecule has 1 heterocycles. The van der Waals surface area contributed by atoms with Crippen molar-refractivity contribution in [2.45, 2.75) is 58.1 Å². The van der Waals surface area contributed by atoms with Crippen molar-refractivity contribution in [2.75, 3.05) is 12.5 Å². The summed E-state index contributed by atoms with van der Waals surface area (Å²) in [7, 11) is 0. The Morgan fingerprint density at radius 1 is 1.47 bits per heavy atom. The van der Waals surface area contributed by atoms with E-state index < -0.39 is 5.60 Å². The number of carbonyl (C=O) groups excluding carboxylic acids is 1. The molecule has 1 amide bonds. The molecule has 0 radical (unpaired) electrons. The Morgan fingerprint density at radius 2 is 2.19 bits per heavy atom. The van der Waals surface area contributed by atoms with Crippen LogP contribution in [0.5, 0.6) is 0 Å². The van der Waals surface area contributed by atoms with Gasteiger partial charge in [-0.1, -0.05) is 51.1 Å². The third kappa shape index (κ3) is 7.34. The Hall–Kier alpha value is -1.86. The van der Waals surface area contributed by atoms with Crippen LogP contribution in [-0.4, -0.2) is 35.4 Å². The van der Waals surface area contributed by atoms with E-state index in [0.717, 1.165) is 31.3 Å². The summed E-state index contributed by atoms with van der Waals surface area (Å²) in [4.78, 5) is 18.7. The second-order valence-corrected chi connectivity index (χ2v) is 7.91. The first-order valence-electron chi connectivity index (χ1n) is 10.7. The number of anilines is 1. The van der Waals surface area contributed by atoms with Crippen molar-refractivity contribution >= 4 is 17.8 Å². The predicted molar refractivity (Wildman–Crippen MR) is 124 cm³/mol. The van der Waals surface area contributed by atoms with Gasteiger partial charge in [-0.15, -0.1) is 18.9 Å². The summed E-state index contributed by atoms with van der Waals surface area (Å²) in [5.41, 5.74) is 6.77. The Bertz CT molecular complexity index is 871. The first-order valence-corrected chi connectivity index (χ1v) is 10.7. The van der Waals surface area contributed by atoms with Gasteiger partial charge in [-0.25, -0.2) is 5.26 Å². The van der Waals surface area contributed by atoms with Crippen LogP contribution < -0.4 is 5.73 Å².